The zero-order valence-corrected chi connectivity index (χ0v) is 15.9. The average molecular weight is 376 g/mol. The first-order valence-electron chi connectivity index (χ1n) is 8.87. The Morgan fingerprint density at radius 3 is 2.79 bits per heavy atom. The summed E-state index contributed by atoms with van der Waals surface area (Å²) in [5.74, 6) is 0.321. The second kappa shape index (κ2) is 6.84. The highest BCUT2D eigenvalue weighted by Gasteiger charge is 2.18. The van der Waals surface area contributed by atoms with Crippen molar-refractivity contribution in [3.05, 3.63) is 64.6 Å². The van der Waals surface area contributed by atoms with E-state index in [1.807, 2.05) is 49.4 Å². The number of ether oxygens (including phenoxy) is 1. The molecule has 0 saturated carbocycles. The number of para-hydroxylation sites is 1. The maximum atomic E-state index is 12.8. The van der Waals surface area contributed by atoms with Crippen LogP contribution in [0.15, 0.2) is 53.5 Å². The molecule has 0 unspecified atom stereocenters. The second-order valence-electron chi connectivity index (χ2n) is 6.69. The molecule has 0 aliphatic heterocycles. The van der Waals surface area contributed by atoms with Crippen LogP contribution in [0.5, 0.6) is 5.75 Å². The summed E-state index contributed by atoms with van der Waals surface area (Å²) < 4.78 is 6.53. The van der Waals surface area contributed by atoms with Crippen molar-refractivity contribution in [3.63, 3.8) is 0 Å². The SMILES string of the molecule is COc1ccc(C)cc1N(C)C(=O)Cn1ncc2c([nH]c3ccccc32)c1=O. The maximum absolute atomic E-state index is 12.8. The van der Waals surface area contributed by atoms with Gasteiger partial charge in [0.1, 0.15) is 17.8 Å². The molecule has 0 radical (unpaired) electrons. The third kappa shape index (κ3) is 2.90. The molecular weight excluding hydrogens is 356 g/mol. The number of nitrogens with one attached hydrogen (secondary N) is 1. The number of amides is 1. The van der Waals surface area contributed by atoms with Crippen molar-refractivity contribution in [1.29, 1.82) is 0 Å². The minimum absolute atomic E-state index is 0.169. The Morgan fingerprint density at radius 2 is 2.00 bits per heavy atom. The first-order chi connectivity index (χ1) is 13.5. The summed E-state index contributed by atoms with van der Waals surface area (Å²) in [5, 5.41) is 5.89. The number of carbonyl (C=O) groups excluding carboxylic acids is 1. The Hall–Kier alpha value is -3.61. The van der Waals surface area contributed by atoms with Crippen LogP contribution in [-0.4, -0.2) is 34.8 Å². The highest BCUT2D eigenvalue weighted by molar-refractivity contribution is 6.06. The fraction of sp³-hybridized carbons (Fsp3) is 0.190. The Bertz CT molecular complexity index is 1260. The maximum Gasteiger partial charge on any atom is 0.291 e. The van der Waals surface area contributed by atoms with Crippen LogP contribution in [0.1, 0.15) is 5.56 Å². The van der Waals surface area contributed by atoms with Crippen LogP contribution in [-0.2, 0) is 11.3 Å². The van der Waals surface area contributed by atoms with E-state index in [2.05, 4.69) is 10.1 Å². The van der Waals surface area contributed by atoms with Gasteiger partial charge in [0.15, 0.2) is 0 Å². The summed E-state index contributed by atoms with van der Waals surface area (Å²) in [6, 6.07) is 13.2. The van der Waals surface area contributed by atoms with Crippen molar-refractivity contribution in [2.75, 3.05) is 19.1 Å². The Kier molecular flexibility index (Phi) is 4.35. The highest BCUT2D eigenvalue weighted by Crippen LogP contribution is 2.28. The number of rotatable bonds is 4. The molecule has 0 spiro atoms. The number of anilines is 1. The molecule has 7 nitrogen and oxygen atoms in total. The number of methoxy groups -OCH3 is 1. The van der Waals surface area contributed by atoms with Gasteiger partial charge in [-0.25, -0.2) is 4.68 Å². The van der Waals surface area contributed by atoms with E-state index in [4.69, 9.17) is 4.74 Å². The van der Waals surface area contributed by atoms with Gasteiger partial charge in [0.05, 0.1) is 19.0 Å². The largest absolute Gasteiger partial charge is 0.495 e. The Balaban J connectivity index is 1.69. The molecule has 0 saturated heterocycles. The molecule has 7 heteroatoms. The number of likely N-dealkylation sites (N-methyl/N-ethyl adjacent to an activating group) is 1. The van der Waals surface area contributed by atoms with E-state index >= 15 is 0 Å². The summed E-state index contributed by atoms with van der Waals surface area (Å²) in [6.07, 6.45) is 1.62. The highest BCUT2D eigenvalue weighted by atomic mass is 16.5. The molecule has 28 heavy (non-hydrogen) atoms. The fourth-order valence-electron chi connectivity index (χ4n) is 3.32. The number of H-pyrrole nitrogens is 1. The van der Waals surface area contributed by atoms with Crippen LogP contribution >= 0.6 is 0 Å². The monoisotopic (exact) mass is 376 g/mol. The van der Waals surface area contributed by atoms with Crippen LogP contribution in [0.25, 0.3) is 21.8 Å². The lowest BCUT2D eigenvalue weighted by molar-refractivity contribution is -0.119. The quantitative estimate of drug-likeness (QED) is 0.594. The minimum atomic E-state index is -0.327. The van der Waals surface area contributed by atoms with E-state index < -0.39 is 0 Å². The van der Waals surface area contributed by atoms with Crippen molar-refractivity contribution in [3.8, 4) is 5.75 Å². The third-order valence-electron chi connectivity index (χ3n) is 4.88. The van der Waals surface area contributed by atoms with E-state index in [0.717, 1.165) is 21.9 Å². The molecule has 2 aromatic carbocycles. The summed E-state index contributed by atoms with van der Waals surface area (Å²) >= 11 is 0. The van der Waals surface area contributed by atoms with E-state index in [1.54, 1.807) is 20.4 Å². The van der Waals surface area contributed by atoms with Crippen molar-refractivity contribution >= 4 is 33.4 Å². The predicted molar refractivity (Wildman–Crippen MR) is 109 cm³/mol. The van der Waals surface area contributed by atoms with E-state index in [0.29, 0.717) is 17.0 Å². The number of hydrogen-bond acceptors (Lipinski definition) is 4. The zero-order chi connectivity index (χ0) is 19.8. The minimum Gasteiger partial charge on any atom is -0.495 e. The lowest BCUT2D eigenvalue weighted by atomic mass is 10.2. The van der Waals surface area contributed by atoms with Crippen molar-refractivity contribution in [2.45, 2.75) is 13.5 Å². The fourth-order valence-corrected chi connectivity index (χ4v) is 3.32. The lowest BCUT2D eigenvalue weighted by Gasteiger charge is -2.20. The standard InChI is InChI=1S/C21H20N4O3/c1-13-8-9-18(28-3)17(10-13)24(2)19(26)12-25-21(27)20-15(11-22-25)14-6-4-5-7-16(14)23-20/h4-11,23H,12H2,1-3H3. The third-order valence-corrected chi connectivity index (χ3v) is 4.88. The van der Waals surface area contributed by atoms with Gasteiger partial charge in [-0.2, -0.15) is 5.10 Å². The molecule has 1 N–H and O–H groups in total. The normalized spacial score (nSPS) is 11.1. The summed E-state index contributed by atoms with van der Waals surface area (Å²) in [5.41, 5.74) is 2.63. The molecule has 4 rings (SSSR count). The summed E-state index contributed by atoms with van der Waals surface area (Å²) in [6.45, 7) is 1.77. The number of carbonyl (C=O) groups is 1. The van der Waals surface area contributed by atoms with Gasteiger partial charge in [0.2, 0.25) is 5.91 Å². The molecular formula is C21H20N4O3. The first kappa shape index (κ1) is 17.8. The van der Waals surface area contributed by atoms with Gasteiger partial charge in [-0.15, -0.1) is 0 Å². The van der Waals surface area contributed by atoms with Gasteiger partial charge in [0.25, 0.3) is 5.56 Å². The molecule has 0 fully saturated rings. The van der Waals surface area contributed by atoms with Crippen molar-refractivity contribution in [2.24, 2.45) is 0 Å². The van der Waals surface area contributed by atoms with Gasteiger partial charge in [-0.1, -0.05) is 24.3 Å². The molecule has 142 valence electrons. The second-order valence-corrected chi connectivity index (χ2v) is 6.69. The van der Waals surface area contributed by atoms with Gasteiger partial charge in [-0.05, 0) is 30.7 Å². The summed E-state index contributed by atoms with van der Waals surface area (Å²) in [4.78, 5) is 30.3. The first-order valence-corrected chi connectivity index (χ1v) is 8.87. The van der Waals surface area contributed by atoms with Gasteiger partial charge in [0, 0.05) is 23.3 Å². The number of aromatic amines is 1. The number of fused-ring (bicyclic) bond motifs is 3. The van der Waals surface area contributed by atoms with Crippen LogP contribution in [0.4, 0.5) is 5.69 Å². The Morgan fingerprint density at radius 1 is 1.21 bits per heavy atom. The van der Waals surface area contributed by atoms with Crippen LogP contribution < -0.4 is 15.2 Å². The smallest absolute Gasteiger partial charge is 0.291 e. The molecule has 2 aromatic heterocycles. The van der Waals surface area contributed by atoms with Gasteiger partial charge >= 0.3 is 0 Å². The molecule has 0 aliphatic carbocycles. The lowest BCUT2D eigenvalue weighted by Crippen LogP contribution is -2.35. The van der Waals surface area contributed by atoms with E-state index in [-0.39, 0.29) is 18.0 Å². The van der Waals surface area contributed by atoms with Crippen LogP contribution in [0, 0.1) is 6.92 Å². The number of aryl methyl sites for hydroxylation is 1. The Labute approximate surface area is 161 Å². The topological polar surface area (TPSA) is 80.2 Å². The van der Waals surface area contributed by atoms with Gasteiger partial charge in [-0.3, -0.25) is 9.59 Å². The van der Waals surface area contributed by atoms with E-state index in [1.165, 1.54) is 9.58 Å². The number of benzene rings is 2. The van der Waals surface area contributed by atoms with E-state index in [9.17, 15) is 9.59 Å². The van der Waals surface area contributed by atoms with Gasteiger partial charge < -0.3 is 14.6 Å². The van der Waals surface area contributed by atoms with Crippen LogP contribution in [0.2, 0.25) is 0 Å². The zero-order valence-electron chi connectivity index (χ0n) is 15.9. The molecule has 0 aliphatic rings. The number of hydrogen-bond donors (Lipinski definition) is 1. The number of nitrogens with zero attached hydrogens (tertiary/aromatic N) is 3. The number of aromatic nitrogens is 3. The molecule has 0 atom stereocenters. The predicted octanol–water partition coefficient (Wildman–Crippen LogP) is 2.86. The molecule has 1 amide bonds. The molecule has 2 heterocycles. The average Bonchev–Trinajstić information content (AvgIpc) is 3.09. The van der Waals surface area contributed by atoms with Crippen molar-refractivity contribution in [1.82, 2.24) is 14.8 Å². The molecule has 0 bridgehead atoms. The summed E-state index contributed by atoms with van der Waals surface area (Å²) in [7, 11) is 3.22. The van der Waals surface area contributed by atoms with Crippen LogP contribution in [0.3, 0.4) is 0 Å². The molecule has 4 aromatic rings. The van der Waals surface area contributed by atoms with Crippen molar-refractivity contribution < 1.29 is 9.53 Å².